The highest BCUT2D eigenvalue weighted by molar-refractivity contribution is 9.10. The summed E-state index contributed by atoms with van der Waals surface area (Å²) in [6.45, 7) is 3.54. The first-order valence-electron chi connectivity index (χ1n) is 6.04. The molecule has 1 heterocycles. The lowest BCUT2D eigenvalue weighted by molar-refractivity contribution is 0.0973. The van der Waals surface area contributed by atoms with E-state index >= 15 is 0 Å². The molecule has 3 N–H and O–H groups in total. The molecule has 4 heteroatoms. The van der Waals surface area contributed by atoms with Gasteiger partial charge in [0.15, 0.2) is 0 Å². The number of rotatable bonds is 4. The van der Waals surface area contributed by atoms with Crippen LogP contribution in [0.5, 0.6) is 0 Å². The first-order chi connectivity index (χ1) is 8.19. The molecule has 1 saturated heterocycles. The molecule has 0 saturated carbocycles. The third-order valence-corrected chi connectivity index (χ3v) is 3.52. The maximum absolute atomic E-state index is 5.82. The molecule has 2 unspecified atom stereocenters. The van der Waals surface area contributed by atoms with Crippen LogP contribution in [0.25, 0.3) is 0 Å². The first kappa shape index (κ1) is 12.9. The van der Waals surface area contributed by atoms with Crippen molar-refractivity contribution in [1.82, 2.24) is 0 Å². The quantitative estimate of drug-likeness (QED) is 0.898. The van der Waals surface area contributed by atoms with E-state index in [0.717, 1.165) is 29.6 Å². The molecule has 0 amide bonds. The number of benzene rings is 1. The van der Waals surface area contributed by atoms with Crippen molar-refractivity contribution in [1.29, 1.82) is 0 Å². The fraction of sp³-hybridized carbons (Fsp3) is 0.538. The molecule has 1 aliphatic heterocycles. The number of hydrogen-bond acceptors (Lipinski definition) is 3. The lowest BCUT2D eigenvalue weighted by Crippen LogP contribution is -2.39. The summed E-state index contributed by atoms with van der Waals surface area (Å²) in [6, 6.07) is 6.49. The molecule has 17 heavy (non-hydrogen) atoms. The van der Waals surface area contributed by atoms with E-state index in [9.17, 15) is 0 Å². The van der Waals surface area contributed by atoms with Crippen molar-refractivity contribution in [3.05, 3.63) is 28.2 Å². The van der Waals surface area contributed by atoms with Crippen LogP contribution in [0.15, 0.2) is 22.7 Å². The highest BCUT2D eigenvalue weighted by atomic mass is 79.9. The van der Waals surface area contributed by atoms with E-state index in [2.05, 4.69) is 46.4 Å². The molecular formula is C13H19BrN2O. The Hall–Kier alpha value is -0.580. The number of ether oxygens (including phenoxy) is 1. The van der Waals surface area contributed by atoms with E-state index in [1.54, 1.807) is 0 Å². The third-order valence-electron chi connectivity index (χ3n) is 3.06. The number of hydrogen-bond donors (Lipinski definition) is 2. The maximum Gasteiger partial charge on any atom is 0.0789 e. The van der Waals surface area contributed by atoms with Gasteiger partial charge in [0, 0.05) is 23.3 Å². The van der Waals surface area contributed by atoms with E-state index < -0.39 is 0 Å². The fourth-order valence-electron chi connectivity index (χ4n) is 2.26. The summed E-state index contributed by atoms with van der Waals surface area (Å²) in [5.41, 5.74) is 8.15. The summed E-state index contributed by atoms with van der Waals surface area (Å²) in [5.74, 6) is 0. The van der Waals surface area contributed by atoms with Gasteiger partial charge >= 0.3 is 0 Å². The summed E-state index contributed by atoms with van der Waals surface area (Å²) in [4.78, 5) is 0. The van der Waals surface area contributed by atoms with E-state index in [1.165, 1.54) is 5.56 Å². The summed E-state index contributed by atoms with van der Waals surface area (Å²) in [6.07, 6.45) is 2.49. The standard InChI is InChI=1S/C13H19BrN2O/c1-9-5-10(14)7-11(6-9)16-12(8-15)13-3-2-4-17-13/h5-7,12-13,16H,2-4,8,15H2,1H3. The molecule has 94 valence electrons. The van der Waals surface area contributed by atoms with Crippen LogP contribution in [0, 0.1) is 6.92 Å². The molecule has 1 aromatic carbocycles. The molecule has 0 aliphatic carbocycles. The topological polar surface area (TPSA) is 47.3 Å². The number of halogens is 1. The van der Waals surface area contributed by atoms with Crippen molar-refractivity contribution >= 4 is 21.6 Å². The average molecular weight is 299 g/mol. The smallest absolute Gasteiger partial charge is 0.0789 e. The zero-order valence-electron chi connectivity index (χ0n) is 10.1. The predicted molar refractivity (Wildman–Crippen MR) is 74.3 cm³/mol. The van der Waals surface area contributed by atoms with Crippen molar-refractivity contribution in [3.63, 3.8) is 0 Å². The Balaban J connectivity index is 2.06. The van der Waals surface area contributed by atoms with Gasteiger partial charge in [0.05, 0.1) is 12.1 Å². The monoisotopic (exact) mass is 298 g/mol. The van der Waals surface area contributed by atoms with Crippen LogP contribution in [0.2, 0.25) is 0 Å². The Morgan fingerprint density at radius 3 is 2.94 bits per heavy atom. The lowest BCUT2D eigenvalue weighted by Gasteiger charge is -2.24. The highest BCUT2D eigenvalue weighted by Crippen LogP contribution is 2.22. The molecule has 0 spiro atoms. The maximum atomic E-state index is 5.82. The van der Waals surface area contributed by atoms with Gasteiger partial charge in [-0.05, 0) is 43.5 Å². The Morgan fingerprint density at radius 2 is 2.35 bits per heavy atom. The van der Waals surface area contributed by atoms with Crippen LogP contribution < -0.4 is 11.1 Å². The molecule has 0 aromatic heterocycles. The van der Waals surface area contributed by atoms with E-state index in [0.29, 0.717) is 6.54 Å². The second-order valence-electron chi connectivity index (χ2n) is 4.56. The van der Waals surface area contributed by atoms with Gasteiger partial charge in [0.25, 0.3) is 0 Å². The summed E-state index contributed by atoms with van der Waals surface area (Å²) in [7, 11) is 0. The fourth-order valence-corrected chi connectivity index (χ4v) is 2.87. The van der Waals surface area contributed by atoms with Gasteiger partial charge in [-0.25, -0.2) is 0 Å². The van der Waals surface area contributed by atoms with Crippen molar-refractivity contribution in [2.24, 2.45) is 5.73 Å². The van der Waals surface area contributed by atoms with Crippen LogP contribution in [0.4, 0.5) is 5.69 Å². The molecule has 2 rings (SSSR count). The van der Waals surface area contributed by atoms with Crippen LogP contribution in [0.3, 0.4) is 0 Å². The van der Waals surface area contributed by atoms with Gasteiger partial charge in [-0.3, -0.25) is 0 Å². The minimum Gasteiger partial charge on any atom is -0.378 e. The molecule has 1 aliphatic rings. The van der Waals surface area contributed by atoms with Gasteiger partial charge in [-0.15, -0.1) is 0 Å². The SMILES string of the molecule is Cc1cc(Br)cc(NC(CN)C2CCCO2)c1. The molecular weight excluding hydrogens is 280 g/mol. The highest BCUT2D eigenvalue weighted by Gasteiger charge is 2.24. The van der Waals surface area contributed by atoms with Crippen molar-refractivity contribution in [2.45, 2.75) is 31.9 Å². The normalized spacial score (nSPS) is 21.5. The number of aryl methyl sites for hydroxylation is 1. The summed E-state index contributed by atoms with van der Waals surface area (Å²) < 4.78 is 6.77. The Labute approximate surface area is 111 Å². The predicted octanol–water partition coefficient (Wildman–Crippen LogP) is 2.68. The van der Waals surface area contributed by atoms with E-state index in [4.69, 9.17) is 10.5 Å². The van der Waals surface area contributed by atoms with Crippen molar-refractivity contribution in [3.8, 4) is 0 Å². The Kier molecular flexibility index (Phi) is 4.42. The second kappa shape index (κ2) is 5.85. The largest absolute Gasteiger partial charge is 0.378 e. The van der Waals surface area contributed by atoms with Gasteiger partial charge in [-0.1, -0.05) is 15.9 Å². The molecule has 3 nitrogen and oxygen atoms in total. The first-order valence-corrected chi connectivity index (χ1v) is 6.84. The molecule has 2 atom stereocenters. The minimum absolute atomic E-state index is 0.200. The number of nitrogens with two attached hydrogens (primary N) is 1. The number of nitrogens with one attached hydrogen (secondary N) is 1. The van der Waals surface area contributed by atoms with Crippen LogP contribution in [-0.2, 0) is 4.74 Å². The van der Waals surface area contributed by atoms with Crippen LogP contribution >= 0.6 is 15.9 Å². The van der Waals surface area contributed by atoms with Gasteiger partial charge in [0.1, 0.15) is 0 Å². The summed E-state index contributed by atoms with van der Waals surface area (Å²) >= 11 is 3.51. The van der Waals surface area contributed by atoms with E-state index in [1.807, 2.05) is 0 Å². The van der Waals surface area contributed by atoms with Crippen LogP contribution in [-0.4, -0.2) is 25.3 Å². The second-order valence-corrected chi connectivity index (χ2v) is 5.47. The van der Waals surface area contributed by atoms with Gasteiger partial charge < -0.3 is 15.8 Å². The third kappa shape index (κ3) is 3.44. The molecule has 0 radical (unpaired) electrons. The van der Waals surface area contributed by atoms with E-state index in [-0.39, 0.29) is 12.1 Å². The Morgan fingerprint density at radius 1 is 1.53 bits per heavy atom. The van der Waals surface area contributed by atoms with Crippen molar-refractivity contribution in [2.75, 3.05) is 18.5 Å². The zero-order chi connectivity index (χ0) is 12.3. The van der Waals surface area contributed by atoms with Gasteiger partial charge in [0.2, 0.25) is 0 Å². The molecule has 1 aromatic rings. The number of anilines is 1. The summed E-state index contributed by atoms with van der Waals surface area (Å²) in [5, 5.41) is 3.47. The molecule has 1 fully saturated rings. The zero-order valence-corrected chi connectivity index (χ0v) is 11.7. The Bertz CT molecular complexity index is 357. The van der Waals surface area contributed by atoms with Gasteiger partial charge in [-0.2, -0.15) is 0 Å². The molecule has 0 bridgehead atoms. The van der Waals surface area contributed by atoms with Crippen molar-refractivity contribution < 1.29 is 4.74 Å². The van der Waals surface area contributed by atoms with Crippen LogP contribution in [0.1, 0.15) is 18.4 Å². The minimum atomic E-state index is 0.200. The lowest BCUT2D eigenvalue weighted by atomic mass is 10.1. The average Bonchev–Trinajstić information content (AvgIpc) is 2.77.